The van der Waals surface area contributed by atoms with Gasteiger partial charge in [0.05, 0.1) is 13.3 Å². The summed E-state index contributed by atoms with van der Waals surface area (Å²) in [6, 6.07) is 13.1. The zero-order valence-electron chi connectivity index (χ0n) is 15.4. The second-order valence-electron chi connectivity index (χ2n) is 6.18. The van der Waals surface area contributed by atoms with Crippen LogP contribution in [0.25, 0.3) is 0 Å². The number of methoxy groups -OCH3 is 1. The molecule has 0 spiro atoms. The number of carbonyl (C=O) groups is 2. The van der Waals surface area contributed by atoms with Gasteiger partial charge < -0.3 is 10.1 Å². The lowest BCUT2D eigenvalue weighted by molar-refractivity contribution is -0.123. The molecular formula is C20H22ClN3O3. The van der Waals surface area contributed by atoms with Crippen LogP contribution in [0.2, 0.25) is 5.02 Å². The van der Waals surface area contributed by atoms with Gasteiger partial charge in [0.15, 0.2) is 0 Å². The minimum absolute atomic E-state index is 0.130. The SMILES string of the molecule is COc1ccccc1/C=N\NC(=O)C(NC(=O)c1cccc(Cl)c1)C(C)C. The van der Waals surface area contributed by atoms with Crippen LogP contribution in [0, 0.1) is 5.92 Å². The molecule has 7 heteroatoms. The molecule has 1 unspecified atom stereocenters. The minimum Gasteiger partial charge on any atom is -0.496 e. The maximum Gasteiger partial charge on any atom is 0.262 e. The molecule has 0 fully saturated rings. The second kappa shape index (κ2) is 9.73. The highest BCUT2D eigenvalue weighted by Gasteiger charge is 2.24. The summed E-state index contributed by atoms with van der Waals surface area (Å²) >= 11 is 5.91. The Balaban J connectivity index is 2.04. The van der Waals surface area contributed by atoms with E-state index in [4.69, 9.17) is 16.3 Å². The predicted octanol–water partition coefficient (Wildman–Crippen LogP) is 3.25. The summed E-state index contributed by atoms with van der Waals surface area (Å²) in [5, 5.41) is 7.15. The number of amides is 2. The van der Waals surface area contributed by atoms with E-state index in [1.54, 1.807) is 37.4 Å². The number of nitrogens with zero attached hydrogens (tertiary/aromatic N) is 1. The summed E-state index contributed by atoms with van der Waals surface area (Å²) in [6.45, 7) is 3.68. The van der Waals surface area contributed by atoms with Crippen molar-refractivity contribution < 1.29 is 14.3 Å². The third-order valence-corrected chi connectivity index (χ3v) is 4.07. The number of nitrogens with one attached hydrogen (secondary N) is 2. The highest BCUT2D eigenvalue weighted by molar-refractivity contribution is 6.31. The largest absolute Gasteiger partial charge is 0.496 e. The lowest BCUT2D eigenvalue weighted by Gasteiger charge is -2.20. The molecular weight excluding hydrogens is 366 g/mol. The third-order valence-electron chi connectivity index (χ3n) is 3.84. The Morgan fingerprint density at radius 1 is 1.15 bits per heavy atom. The molecule has 2 rings (SSSR count). The molecule has 2 N–H and O–H groups in total. The maximum absolute atomic E-state index is 12.5. The molecule has 0 saturated heterocycles. The van der Waals surface area contributed by atoms with Gasteiger partial charge in [0, 0.05) is 16.1 Å². The second-order valence-corrected chi connectivity index (χ2v) is 6.62. The van der Waals surface area contributed by atoms with Gasteiger partial charge in [0.1, 0.15) is 11.8 Å². The van der Waals surface area contributed by atoms with Crippen molar-refractivity contribution in [1.82, 2.24) is 10.7 Å². The first kappa shape index (κ1) is 20.5. The molecule has 2 aromatic carbocycles. The molecule has 0 aliphatic carbocycles. The molecule has 1 atom stereocenters. The van der Waals surface area contributed by atoms with E-state index in [-0.39, 0.29) is 11.8 Å². The molecule has 27 heavy (non-hydrogen) atoms. The van der Waals surface area contributed by atoms with Gasteiger partial charge in [-0.15, -0.1) is 0 Å². The lowest BCUT2D eigenvalue weighted by Crippen LogP contribution is -2.48. The Labute approximate surface area is 163 Å². The Morgan fingerprint density at radius 3 is 2.56 bits per heavy atom. The van der Waals surface area contributed by atoms with E-state index in [9.17, 15) is 9.59 Å². The van der Waals surface area contributed by atoms with Crippen LogP contribution in [-0.2, 0) is 4.79 Å². The summed E-state index contributed by atoms with van der Waals surface area (Å²) in [4.78, 5) is 24.9. The van der Waals surface area contributed by atoms with E-state index < -0.39 is 11.9 Å². The summed E-state index contributed by atoms with van der Waals surface area (Å²) in [7, 11) is 1.56. The number of benzene rings is 2. The Hall–Kier alpha value is -2.86. The van der Waals surface area contributed by atoms with Gasteiger partial charge in [-0.25, -0.2) is 5.43 Å². The van der Waals surface area contributed by atoms with Crippen LogP contribution >= 0.6 is 11.6 Å². The molecule has 2 amide bonds. The zero-order chi connectivity index (χ0) is 19.8. The van der Waals surface area contributed by atoms with Crippen LogP contribution in [0.4, 0.5) is 0 Å². The van der Waals surface area contributed by atoms with Crippen molar-refractivity contribution in [2.75, 3.05) is 7.11 Å². The molecule has 0 aliphatic heterocycles. The number of hydrogen-bond acceptors (Lipinski definition) is 4. The average molecular weight is 388 g/mol. The van der Waals surface area contributed by atoms with E-state index in [2.05, 4.69) is 15.8 Å². The van der Waals surface area contributed by atoms with Gasteiger partial charge in [-0.3, -0.25) is 9.59 Å². The fourth-order valence-electron chi connectivity index (χ4n) is 2.40. The van der Waals surface area contributed by atoms with Crippen molar-refractivity contribution in [1.29, 1.82) is 0 Å². The van der Waals surface area contributed by atoms with Gasteiger partial charge >= 0.3 is 0 Å². The molecule has 0 aromatic heterocycles. The van der Waals surface area contributed by atoms with Gasteiger partial charge in [0.2, 0.25) is 0 Å². The average Bonchev–Trinajstić information content (AvgIpc) is 2.65. The van der Waals surface area contributed by atoms with Gasteiger partial charge in [-0.05, 0) is 36.2 Å². The fourth-order valence-corrected chi connectivity index (χ4v) is 2.59. The van der Waals surface area contributed by atoms with E-state index >= 15 is 0 Å². The van der Waals surface area contributed by atoms with Crippen molar-refractivity contribution in [3.63, 3.8) is 0 Å². The smallest absolute Gasteiger partial charge is 0.262 e. The normalized spacial score (nSPS) is 12.0. The molecule has 0 heterocycles. The first-order valence-electron chi connectivity index (χ1n) is 8.44. The van der Waals surface area contributed by atoms with E-state index in [1.807, 2.05) is 32.0 Å². The summed E-state index contributed by atoms with van der Waals surface area (Å²) in [5.74, 6) is -0.272. The molecule has 2 aromatic rings. The van der Waals surface area contributed by atoms with E-state index in [1.165, 1.54) is 6.21 Å². The quantitative estimate of drug-likeness (QED) is 0.565. The van der Waals surface area contributed by atoms with Crippen LogP contribution in [0.1, 0.15) is 29.8 Å². The minimum atomic E-state index is -0.744. The predicted molar refractivity (Wildman–Crippen MR) is 106 cm³/mol. The van der Waals surface area contributed by atoms with Crippen molar-refractivity contribution in [3.8, 4) is 5.75 Å². The number of para-hydroxylation sites is 1. The number of hydrazone groups is 1. The number of ether oxygens (including phenoxy) is 1. The van der Waals surface area contributed by atoms with Crippen LogP contribution in [0.15, 0.2) is 53.6 Å². The standard InChI is InChI=1S/C20H22ClN3O3/c1-13(2)18(23-19(25)14-8-6-9-16(21)11-14)20(26)24-22-12-15-7-4-5-10-17(15)27-3/h4-13,18H,1-3H3,(H,23,25)(H,24,26)/b22-12-. The Bertz CT molecular complexity index is 837. The lowest BCUT2D eigenvalue weighted by atomic mass is 10.0. The summed E-state index contributed by atoms with van der Waals surface area (Å²) in [6.07, 6.45) is 1.49. The van der Waals surface area contributed by atoms with Gasteiger partial charge in [-0.2, -0.15) is 5.10 Å². The topological polar surface area (TPSA) is 79.8 Å². The molecule has 0 radical (unpaired) electrons. The van der Waals surface area contributed by atoms with Crippen molar-refractivity contribution in [2.45, 2.75) is 19.9 Å². The van der Waals surface area contributed by atoms with Crippen LogP contribution in [0.3, 0.4) is 0 Å². The van der Waals surface area contributed by atoms with E-state index in [0.717, 1.165) is 5.56 Å². The van der Waals surface area contributed by atoms with Crippen molar-refractivity contribution in [3.05, 3.63) is 64.7 Å². The zero-order valence-corrected chi connectivity index (χ0v) is 16.2. The Morgan fingerprint density at radius 2 is 1.89 bits per heavy atom. The summed E-state index contributed by atoms with van der Waals surface area (Å²) in [5.41, 5.74) is 3.58. The highest BCUT2D eigenvalue weighted by atomic mass is 35.5. The first-order valence-corrected chi connectivity index (χ1v) is 8.82. The first-order chi connectivity index (χ1) is 12.9. The number of halogens is 1. The molecule has 6 nitrogen and oxygen atoms in total. The molecule has 0 bridgehead atoms. The maximum atomic E-state index is 12.5. The third kappa shape index (κ3) is 5.82. The number of hydrogen-bond donors (Lipinski definition) is 2. The summed E-state index contributed by atoms with van der Waals surface area (Å²) < 4.78 is 5.23. The highest BCUT2D eigenvalue weighted by Crippen LogP contribution is 2.14. The molecule has 0 aliphatic rings. The fraction of sp³-hybridized carbons (Fsp3) is 0.250. The number of carbonyl (C=O) groups excluding carboxylic acids is 2. The van der Waals surface area contributed by atoms with Crippen molar-refractivity contribution in [2.24, 2.45) is 11.0 Å². The van der Waals surface area contributed by atoms with Crippen LogP contribution in [0.5, 0.6) is 5.75 Å². The number of rotatable bonds is 7. The molecule has 142 valence electrons. The van der Waals surface area contributed by atoms with Gasteiger partial charge in [-0.1, -0.05) is 43.6 Å². The van der Waals surface area contributed by atoms with Crippen molar-refractivity contribution >= 4 is 29.6 Å². The van der Waals surface area contributed by atoms with E-state index in [0.29, 0.717) is 16.3 Å². The molecule has 0 saturated carbocycles. The van der Waals surface area contributed by atoms with Crippen LogP contribution < -0.4 is 15.5 Å². The van der Waals surface area contributed by atoms with Gasteiger partial charge in [0.25, 0.3) is 11.8 Å². The monoisotopic (exact) mass is 387 g/mol. The Kier molecular flexibility index (Phi) is 7.37. The van der Waals surface area contributed by atoms with Crippen LogP contribution in [-0.4, -0.2) is 31.2 Å².